The van der Waals surface area contributed by atoms with E-state index in [-0.39, 0.29) is 97.2 Å². The van der Waals surface area contributed by atoms with Crippen LogP contribution in [0.1, 0.15) is 32.1 Å². The van der Waals surface area contributed by atoms with Crippen molar-refractivity contribution in [2.24, 2.45) is 10.9 Å². The monoisotopic (exact) mass is 628 g/mol. The molecule has 0 spiro atoms. The van der Waals surface area contributed by atoms with Gasteiger partial charge in [-0.25, -0.2) is 0 Å². The fourth-order valence-corrected chi connectivity index (χ4v) is 4.52. The number of carbonyl (C=O) groups excluding carboxylic acids is 5. The summed E-state index contributed by atoms with van der Waals surface area (Å²) in [6, 6.07) is -0.885. The highest BCUT2D eigenvalue weighted by molar-refractivity contribution is 5.87. The van der Waals surface area contributed by atoms with Crippen molar-refractivity contribution < 1.29 is 43.8 Å². The quantitative estimate of drug-likeness (QED) is 0.0573. The summed E-state index contributed by atoms with van der Waals surface area (Å²) in [5.41, 5.74) is 5.35. The highest BCUT2D eigenvalue weighted by atomic mass is 16.4. The Morgan fingerprint density at radius 3 is 1.66 bits per heavy atom. The van der Waals surface area contributed by atoms with E-state index in [9.17, 15) is 48.7 Å². The number of aliphatic carboxylic acids is 2. The summed E-state index contributed by atoms with van der Waals surface area (Å²) in [4.78, 5) is 98.4. The maximum Gasteiger partial charge on any atom is 0.317 e. The van der Waals surface area contributed by atoms with Crippen LogP contribution in [0.5, 0.6) is 0 Å². The molecule has 1 atom stereocenters. The summed E-state index contributed by atoms with van der Waals surface area (Å²) in [5.74, 6) is -4.43. The second kappa shape index (κ2) is 21.8. The van der Waals surface area contributed by atoms with Gasteiger partial charge in [-0.2, -0.15) is 0 Å². The summed E-state index contributed by atoms with van der Waals surface area (Å²) in [6.07, 6.45) is 1.84. The molecule has 1 fully saturated rings. The second-order valence-corrected chi connectivity index (χ2v) is 10.5. The van der Waals surface area contributed by atoms with E-state index in [1.165, 1.54) is 0 Å². The minimum atomic E-state index is -1.05. The minimum Gasteiger partial charge on any atom is -0.480 e. The number of primary amides is 1. The van der Waals surface area contributed by atoms with Crippen molar-refractivity contribution in [3.8, 4) is 0 Å². The Hall–Kier alpha value is -3.87. The lowest BCUT2D eigenvalue weighted by Crippen LogP contribution is -2.49. The molecule has 0 saturated carbocycles. The van der Waals surface area contributed by atoms with Gasteiger partial charge in [0.15, 0.2) is 0 Å². The summed E-state index contributed by atoms with van der Waals surface area (Å²) in [5, 5.41) is 26.4. The number of carbonyl (C=O) groups is 7. The average Bonchev–Trinajstić information content (AvgIpc) is 2.95. The Morgan fingerprint density at radius 1 is 0.750 bits per heavy atom. The number of nitrogens with two attached hydrogens (primary N) is 1. The first kappa shape index (κ1) is 38.2. The van der Waals surface area contributed by atoms with Crippen molar-refractivity contribution in [1.29, 1.82) is 0 Å². The molecule has 18 heteroatoms. The number of aldehydes is 1. The number of unbranched alkanes of at least 4 members (excludes halogenated alkanes) is 1. The maximum absolute atomic E-state index is 12.7. The Balaban J connectivity index is 2.74. The number of rotatable bonds is 18. The summed E-state index contributed by atoms with van der Waals surface area (Å²) in [6.45, 7) is 1.61. The van der Waals surface area contributed by atoms with Gasteiger partial charge in [-0.3, -0.25) is 48.4 Å². The number of carboxylic acids is 2. The molecule has 44 heavy (non-hydrogen) atoms. The molecule has 1 aliphatic rings. The van der Waals surface area contributed by atoms with Crippen molar-refractivity contribution in [3.63, 3.8) is 0 Å². The van der Waals surface area contributed by atoms with E-state index in [1.54, 1.807) is 19.6 Å². The van der Waals surface area contributed by atoms with Gasteiger partial charge >= 0.3 is 11.9 Å². The van der Waals surface area contributed by atoms with E-state index in [1.807, 2.05) is 0 Å². The van der Waals surface area contributed by atoms with Gasteiger partial charge in [0.05, 0.1) is 26.2 Å². The van der Waals surface area contributed by atoms with Crippen LogP contribution in [0.4, 0.5) is 0 Å². The van der Waals surface area contributed by atoms with Crippen molar-refractivity contribution in [1.82, 2.24) is 30.2 Å². The molecule has 0 aromatic heterocycles. The van der Waals surface area contributed by atoms with E-state index >= 15 is 0 Å². The summed E-state index contributed by atoms with van der Waals surface area (Å²) in [7, 11) is 0. The van der Waals surface area contributed by atoms with Crippen LogP contribution in [0, 0.1) is 4.91 Å². The zero-order valence-corrected chi connectivity index (χ0v) is 24.9. The van der Waals surface area contributed by atoms with Gasteiger partial charge in [0, 0.05) is 76.9 Å². The van der Waals surface area contributed by atoms with Gasteiger partial charge in [0.2, 0.25) is 17.7 Å². The first-order valence-corrected chi connectivity index (χ1v) is 14.4. The van der Waals surface area contributed by atoms with Crippen molar-refractivity contribution >= 4 is 41.9 Å². The standard InChI is InChI=1S/C26H44N8O10/c27-26(43)20(29-21(36)5-3-15-35)4-1-2-6-28-22(37)16-31-7-11-33(18-24(39)40)13-9-32(17-23(38)30-44)10-14-34(12-8-31)19-25(41)42/h15,20H,1-14,16-19H2,(H2,27,43)(H,28,37)(H,29,36)(H,39,40)(H,41,42). The van der Waals surface area contributed by atoms with Gasteiger partial charge in [-0.05, 0) is 19.3 Å². The molecule has 0 aromatic carbocycles. The molecule has 4 amide bonds. The van der Waals surface area contributed by atoms with Crippen LogP contribution < -0.4 is 16.4 Å². The van der Waals surface area contributed by atoms with Crippen LogP contribution in [0.25, 0.3) is 0 Å². The topological polar surface area (TPSA) is 252 Å². The number of nitrogens with zero attached hydrogens (tertiary/aromatic N) is 5. The lowest BCUT2D eigenvalue weighted by molar-refractivity contribution is -0.139. The van der Waals surface area contributed by atoms with Crippen molar-refractivity contribution in [3.05, 3.63) is 4.91 Å². The number of hydrogen-bond donors (Lipinski definition) is 5. The fourth-order valence-electron chi connectivity index (χ4n) is 4.52. The number of amides is 4. The van der Waals surface area contributed by atoms with E-state index in [0.717, 1.165) is 0 Å². The Bertz CT molecular complexity index is 966. The molecular formula is C26H44N8O10. The van der Waals surface area contributed by atoms with Crippen LogP contribution in [0.15, 0.2) is 5.18 Å². The predicted octanol–water partition coefficient (Wildman–Crippen LogP) is -3.09. The molecule has 0 aliphatic carbocycles. The molecule has 1 rings (SSSR count). The smallest absolute Gasteiger partial charge is 0.317 e. The molecule has 0 radical (unpaired) electrons. The third-order valence-electron chi connectivity index (χ3n) is 6.89. The molecule has 1 saturated heterocycles. The summed E-state index contributed by atoms with van der Waals surface area (Å²) >= 11 is 0. The highest BCUT2D eigenvalue weighted by Crippen LogP contribution is 2.04. The number of carboxylic acid groups (broad SMARTS) is 2. The Morgan fingerprint density at radius 2 is 1.23 bits per heavy atom. The van der Waals surface area contributed by atoms with E-state index < -0.39 is 35.7 Å². The van der Waals surface area contributed by atoms with Crippen LogP contribution >= 0.6 is 0 Å². The molecule has 18 nitrogen and oxygen atoms in total. The van der Waals surface area contributed by atoms with E-state index in [2.05, 4.69) is 15.8 Å². The zero-order valence-electron chi connectivity index (χ0n) is 24.9. The fraction of sp³-hybridized carbons (Fsp3) is 0.731. The predicted molar refractivity (Wildman–Crippen MR) is 155 cm³/mol. The maximum atomic E-state index is 12.7. The normalized spacial score (nSPS) is 16.9. The van der Waals surface area contributed by atoms with E-state index in [4.69, 9.17) is 5.73 Å². The lowest BCUT2D eigenvalue weighted by atomic mass is 10.1. The summed E-state index contributed by atoms with van der Waals surface area (Å²) < 4.78 is 0. The van der Waals surface area contributed by atoms with Crippen molar-refractivity contribution in [2.75, 3.05) is 85.1 Å². The van der Waals surface area contributed by atoms with Gasteiger partial charge in [0.25, 0.3) is 5.91 Å². The number of nitrogens with one attached hydrogen (secondary N) is 2. The largest absolute Gasteiger partial charge is 0.480 e. The zero-order chi connectivity index (χ0) is 32.9. The molecule has 248 valence electrons. The van der Waals surface area contributed by atoms with Crippen LogP contribution in [-0.2, 0) is 33.6 Å². The average molecular weight is 629 g/mol. The van der Waals surface area contributed by atoms with Crippen molar-refractivity contribution in [2.45, 2.75) is 38.1 Å². The lowest BCUT2D eigenvalue weighted by Gasteiger charge is -2.32. The number of hydrogen-bond acceptors (Lipinski definition) is 12. The minimum absolute atomic E-state index is 0.0237. The van der Waals surface area contributed by atoms with Gasteiger partial charge in [-0.15, -0.1) is 4.91 Å². The molecular weight excluding hydrogens is 584 g/mol. The molecule has 6 N–H and O–H groups in total. The van der Waals surface area contributed by atoms with Gasteiger partial charge < -0.3 is 31.4 Å². The third kappa shape index (κ3) is 17.9. The Kier molecular flexibility index (Phi) is 18.9. The van der Waals surface area contributed by atoms with Crippen LogP contribution in [-0.4, -0.2) is 163 Å². The Labute approximate surface area is 255 Å². The van der Waals surface area contributed by atoms with Gasteiger partial charge in [-0.1, -0.05) is 0 Å². The van der Waals surface area contributed by atoms with Crippen LogP contribution in [0.3, 0.4) is 0 Å². The molecule has 1 unspecified atom stereocenters. The van der Waals surface area contributed by atoms with E-state index in [0.29, 0.717) is 32.2 Å². The molecule has 1 heterocycles. The first-order valence-electron chi connectivity index (χ1n) is 14.4. The van der Waals surface area contributed by atoms with Gasteiger partial charge in [0.1, 0.15) is 12.3 Å². The molecule has 0 aromatic rings. The van der Waals surface area contributed by atoms with Crippen LogP contribution in [0.2, 0.25) is 0 Å². The third-order valence-corrected chi connectivity index (χ3v) is 6.89. The second-order valence-electron chi connectivity index (χ2n) is 10.5. The highest BCUT2D eigenvalue weighted by Gasteiger charge is 2.22. The SMILES string of the molecule is NC(=O)C(CCCCNC(=O)CN1CCN(CC(=O)O)CCN(CC(=O)N=O)CCN(CC(=O)O)CC1)NC(=O)CCC=O. The first-order chi connectivity index (χ1) is 20.9. The number of nitroso groups, excluding NO2 is 1. The molecule has 0 bridgehead atoms. The molecule has 1 aliphatic heterocycles.